The van der Waals surface area contributed by atoms with Crippen molar-refractivity contribution in [3.8, 4) is 17.2 Å². The molecule has 3 aromatic rings. The zero-order valence-electron chi connectivity index (χ0n) is 26.0. The molecule has 0 unspecified atom stereocenters. The van der Waals surface area contributed by atoms with Crippen LogP contribution in [0.25, 0.3) is 5.69 Å². The van der Waals surface area contributed by atoms with Crippen molar-refractivity contribution in [1.82, 2.24) is 20.1 Å². The minimum Gasteiger partial charge on any atom is -0.493 e. The fraction of sp³-hybridized carbons (Fsp3) is 0.484. The van der Waals surface area contributed by atoms with E-state index in [-0.39, 0.29) is 17.4 Å². The maximum absolute atomic E-state index is 14.7. The normalized spacial score (nSPS) is 17.2. The standard InChI is InChI=1S/C31H36Cl2F2N4O6/c1-16(2)13-20(28(41)45-30(3,4)5)36-24(40)15-23-27-37-38-29(31(33,34)35)39(27)21-12-11-17(32)14-19(21)25(44-23)18-9-8-10-22(42-6)26(18)43-7/h8-12,14,16,20,23,25H,13,15H2,1-7H3,(H,36,40)/t20-,23+,25+/m0/s1. The van der Waals surface area contributed by atoms with Gasteiger partial charge in [0.15, 0.2) is 17.3 Å². The number of carbonyl (C=O) groups is 2. The fourth-order valence-corrected chi connectivity index (χ4v) is 5.44. The topological polar surface area (TPSA) is 114 Å². The van der Waals surface area contributed by atoms with Crippen LogP contribution in [0.2, 0.25) is 5.02 Å². The van der Waals surface area contributed by atoms with Gasteiger partial charge >= 0.3 is 11.4 Å². The number of halogens is 4. The van der Waals surface area contributed by atoms with Gasteiger partial charge in [0.25, 0.3) is 0 Å². The Balaban J connectivity index is 1.84. The molecule has 1 aliphatic rings. The third-order valence-corrected chi connectivity index (χ3v) is 7.27. The van der Waals surface area contributed by atoms with Gasteiger partial charge in [0.1, 0.15) is 23.9 Å². The predicted molar refractivity (Wildman–Crippen MR) is 163 cm³/mol. The average molecular weight is 670 g/mol. The van der Waals surface area contributed by atoms with E-state index in [1.165, 1.54) is 26.4 Å². The van der Waals surface area contributed by atoms with Crippen molar-refractivity contribution < 1.29 is 37.3 Å². The van der Waals surface area contributed by atoms with Gasteiger partial charge in [-0.15, -0.1) is 10.2 Å². The summed E-state index contributed by atoms with van der Waals surface area (Å²) in [5.74, 6) is -1.43. The van der Waals surface area contributed by atoms with Crippen LogP contribution in [0, 0.1) is 5.92 Å². The number of carbonyl (C=O) groups excluding carboxylic acids is 2. The summed E-state index contributed by atoms with van der Waals surface area (Å²) in [5.41, 5.74) is 0.248. The highest BCUT2D eigenvalue weighted by Gasteiger charge is 2.43. The summed E-state index contributed by atoms with van der Waals surface area (Å²) in [6.45, 7) is 9.00. The smallest absolute Gasteiger partial charge is 0.382 e. The summed E-state index contributed by atoms with van der Waals surface area (Å²) in [6.07, 6.45) is -2.39. The molecule has 2 aromatic carbocycles. The van der Waals surface area contributed by atoms with Crippen molar-refractivity contribution in [3.05, 3.63) is 64.2 Å². The third-order valence-electron chi connectivity index (χ3n) is 6.86. The monoisotopic (exact) mass is 668 g/mol. The van der Waals surface area contributed by atoms with Crippen molar-refractivity contribution in [3.63, 3.8) is 0 Å². The minimum absolute atomic E-state index is 0.0395. The van der Waals surface area contributed by atoms with Gasteiger partial charge in [-0.25, -0.2) is 4.79 Å². The number of amides is 1. The molecule has 2 heterocycles. The SMILES string of the molecule is COc1cccc([C@H]2O[C@H](CC(=O)N[C@@H](CC(C)C)C(=O)OC(C)(C)C)c3nnc(C(F)(F)Cl)n3-c3ccc(Cl)cc32)c1OC. The van der Waals surface area contributed by atoms with E-state index in [1.54, 1.807) is 45.0 Å². The Kier molecular flexibility index (Phi) is 10.3. The van der Waals surface area contributed by atoms with Crippen LogP contribution in [0.15, 0.2) is 36.4 Å². The molecule has 45 heavy (non-hydrogen) atoms. The summed E-state index contributed by atoms with van der Waals surface area (Å²) >= 11 is 11.9. The summed E-state index contributed by atoms with van der Waals surface area (Å²) < 4.78 is 53.8. The van der Waals surface area contributed by atoms with E-state index < -0.39 is 53.4 Å². The quantitative estimate of drug-likeness (QED) is 0.189. The molecule has 244 valence electrons. The lowest BCUT2D eigenvalue weighted by Gasteiger charge is -2.27. The van der Waals surface area contributed by atoms with Crippen LogP contribution in [0.3, 0.4) is 0 Å². The summed E-state index contributed by atoms with van der Waals surface area (Å²) in [6, 6.07) is 8.76. The Hall–Kier alpha value is -3.48. The largest absolute Gasteiger partial charge is 0.493 e. The van der Waals surface area contributed by atoms with E-state index in [0.717, 1.165) is 4.57 Å². The number of hydrogen-bond donors (Lipinski definition) is 1. The molecule has 14 heteroatoms. The van der Waals surface area contributed by atoms with Crippen molar-refractivity contribution in [2.24, 2.45) is 5.92 Å². The Bertz CT molecular complexity index is 1550. The second-order valence-electron chi connectivity index (χ2n) is 12.0. The lowest BCUT2D eigenvalue weighted by molar-refractivity contribution is -0.159. The fourth-order valence-electron chi connectivity index (χ4n) is 5.14. The molecule has 0 bridgehead atoms. The Morgan fingerprint density at radius 1 is 1.09 bits per heavy atom. The number of esters is 1. The number of para-hydroxylation sites is 1. The van der Waals surface area contributed by atoms with Crippen LogP contribution in [0.5, 0.6) is 11.5 Å². The third kappa shape index (κ3) is 7.85. The predicted octanol–water partition coefficient (Wildman–Crippen LogP) is 6.65. The van der Waals surface area contributed by atoms with E-state index in [9.17, 15) is 18.4 Å². The molecule has 10 nitrogen and oxygen atoms in total. The van der Waals surface area contributed by atoms with Crippen molar-refractivity contribution >= 4 is 35.1 Å². The van der Waals surface area contributed by atoms with Crippen LogP contribution in [-0.2, 0) is 24.4 Å². The number of aromatic nitrogens is 3. The first-order valence-electron chi connectivity index (χ1n) is 14.2. The second kappa shape index (κ2) is 13.5. The first kappa shape index (κ1) is 34.4. The van der Waals surface area contributed by atoms with E-state index in [1.807, 2.05) is 13.8 Å². The molecule has 1 aliphatic heterocycles. The van der Waals surface area contributed by atoms with Gasteiger partial charge in [-0.05, 0) is 69.0 Å². The van der Waals surface area contributed by atoms with Crippen molar-refractivity contribution in [2.75, 3.05) is 14.2 Å². The molecule has 1 aromatic heterocycles. The van der Waals surface area contributed by atoms with Gasteiger partial charge < -0.3 is 24.3 Å². The highest BCUT2D eigenvalue weighted by Crippen LogP contribution is 2.47. The highest BCUT2D eigenvalue weighted by atomic mass is 35.5. The van der Waals surface area contributed by atoms with Gasteiger partial charge in [0, 0.05) is 16.1 Å². The number of nitrogens with one attached hydrogen (secondary N) is 1. The summed E-state index contributed by atoms with van der Waals surface area (Å²) in [5, 5.41) is 6.81. The molecule has 0 aliphatic carbocycles. The van der Waals surface area contributed by atoms with Crippen LogP contribution >= 0.6 is 23.2 Å². The van der Waals surface area contributed by atoms with Gasteiger partial charge in [0.05, 0.1) is 26.3 Å². The molecule has 0 spiro atoms. The number of hydrogen-bond acceptors (Lipinski definition) is 8. The Morgan fingerprint density at radius 3 is 2.40 bits per heavy atom. The van der Waals surface area contributed by atoms with Crippen LogP contribution < -0.4 is 14.8 Å². The molecular formula is C31H36Cl2F2N4O6. The number of fused-ring (bicyclic) bond motifs is 3. The zero-order chi connectivity index (χ0) is 33.3. The van der Waals surface area contributed by atoms with E-state index in [4.69, 9.17) is 42.1 Å². The highest BCUT2D eigenvalue weighted by molar-refractivity contribution is 6.30. The summed E-state index contributed by atoms with van der Waals surface area (Å²) in [4.78, 5) is 26.6. The van der Waals surface area contributed by atoms with Crippen molar-refractivity contribution in [1.29, 1.82) is 0 Å². The van der Waals surface area contributed by atoms with Gasteiger partial charge in [-0.1, -0.05) is 37.6 Å². The Morgan fingerprint density at radius 2 is 1.80 bits per heavy atom. The van der Waals surface area contributed by atoms with Crippen LogP contribution in [0.4, 0.5) is 8.78 Å². The molecular weight excluding hydrogens is 633 g/mol. The average Bonchev–Trinajstić information content (AvgIpc) is 3.34. The maximum Gasteiger partial charge on any atom is 0.382 e. The molecule has 0 saturated heterocycles. The number of benzene rings is 2. The molecule has 3 atom stereocenters. The van der Waals surface area contributed by atoms with Crippen LogP contribution in [0.1, 0.15) is 82.4 Å². The molecule has 1 amide bonds. The lowest BCUT2D eigenvalue weighted by Crippen LogP contribution is -2.45. The van der Waals surface area contributed by atoms with Gasteiger partial charge in [-0.2, -0.15) is 8.78 Å². The number of alkyl halides is 3. The Labute approximate surface area is 270 Å². The first-order chi connectivity index (χ1) is 21.0. The van der Waals surface area contributed by atoms with E-state index in [0.29, 0.717) is 34.1 Å². The van der Waals surface area contributed by atoms with E-state index in [2.05, 4.69) is 15.5 Å². The zero-order valence-corrected chi connectivity index (χ0v) is 27.5. The van der Waals surface area contributed by atoms with E-state index >= 15 is 0 Å². The van der Waals surface area contributed by atoms with Gasteiger partial charge in [-0.3, -0.25) is 9.36 Å². The van der Waals surface area contributed by atoms with Crippen LogP contribution in [-0.4, -0.2) is 52.5 Å². The number of ether oxygens (including phenoxy) is 4. The summed E-state index contributed by atoms with van der Waals surface area (Å²) in [7, 11) is 2.93. The van der Waals surface area contributed by atoms with Gasteiger partial charge in [0.2, 0.25) is 11.7 Å². The molecule has 0 saturated carbocycles. The number of rotatable bonds is 10. The minimum atomic E-state index is -3.93. The van der Waals surface area contributed by atoms with Crippen molar-refractivity contribution in [2.45, 2.75) is 76.7 Å². The second-order valence-corrected chi connectivity index (χ2v) is 12.9. The maximum atomic E-state index is 14.7. The molecule has 4 rings (SSSR count). The molecule has 0 radical (unpaired) electrons. The molecule has 0 fully saturated rings. The number of nitrogens with zero attached hydrogens (tertiary/aromatic N) is 3. The lowest BCUT2D eigenvalue weighted by atomic mass is 9.98. The first-order valence-corrected chi connectivity index (χ1v) is 15.0. The molecule has 1 N–H and O–H groups in total. The number of methoxy groups -OCH3 is 2.